The van der Waals surface area contributed by atoms with Gasteiger partial charge in [-0.05, 0) is 42.9 Å². The van der Waals surface area contributed by atoms with Gasteiger partial charge in [-0.1, -0.05) is 54.4 Å². The summed E-state index contributed by atoms with van der Waals surface area (Å²) in [6, 6.07) is 6.36. The van der Waals surface area contributed by atoms with Crippen molar-refractivity contribution in [2.24, 2.45) is 11.8 Å². The van der Waals surface area contributed by atoms with E-state index in [1.807, 2.05) is 13.8 Å². The predicted molar refractivity (Wildman–Crippen MR) is 108 cm³/mol. The molecule has 24 heavy (non-hydrogen) atoms. The highest BCUT2D eigenvalue weighted by Gasteiger charge is 2.26. The van der Waals surface area contributed by atoms with Gasteiger partial charge in [0, 0.05) is 16.9 Å². The first-order valence-electron chi connectivity index (χ1n) is 9.54. The van der Waals surface area contributed by atoms with Crippen molar-refractivity contribution in [1.82, 2.24) is 9.55 Å². The van der Waals surface area contributed by atoms with Gasteiger partial charge in [0.25, 0.3) is 0 Å². The van der Waals surface area contributed by atoms with Crippen molar-refractivity contribution in [2.75, 3.05) is 0 Å². The molecule has 1 aliphatic rings. The number of hydrogen-bond acceptors (Lipinski definition) is 2. The van der Waals surface area contributed by atoms with E-state index in [0.29, 0.717) is 0 Å². The van der Waals surface area contributed by atoms with Gasteiger partial charge in [-0.2, -0.15) is 0 Å². The Morgan fingerprint density at radius 2 is 1.75 bits per heavy atom. The Bertz CT molecular complexity index is 658. The molecule has 1 saturated carbocycles. The lowest BCUT2D eigenvalue weighted by Gasteiger charge is -2.28. The molecule has 0 spiro atoms. The molecule has 1 aromatic carbocycles. The molecule has 0 saturated heterocycles. The van der Waals surface area contributed by atoms with Crippen molar-refractivity contribution in [3.63, 3.8) is 0 Å². The molecule has 3 heteroatoms. The van der Waals surface area contributed by atoms with Crippen molar-refractivity contribution in [1.29, 1.82) is 0 Å². The van der Waals surface area contributed by atoms with Crippen LogP contribution in [-0.4, -0.2) is 9.55 Å². The first-order valence-corrected chi connectivity index (χ1v) is 9.99. The van der Waals surface area contributed by atoms with E-state index in [2.05, 4.69) is 63.1 Å². The maximum atomic E-state index is 4.94. The lowest BCUT2D eigenvalue weighted by Crippen LogP contribution is -2.23. The number of benzene rings is 1. The standard InChI is InChI=1S/C19H28N2S.C2H6/c1-13-5-7-14(8-6-13)12-21-17-10-9-15(22)11-16(17)20-18(21)19(2,3)4;1-2/h9-11,13-14,22H,5-8,12H2,1-4H3;1-2H3. The normalized spacial score (nSPS) is 21.5. The highest BCUT2D eigenvalue weighted by molar-refractivity contribution is 7.80. The van der Waals surface area contributed by atoms with Gasteiger partial charge in [0.05, 0.1) is 11.0 Å². The fourth-order valence-corrected chi connectivity index (χ4v) is 3.84. The summed E-state index contributed by atoms with van der Waals surface area (Å²) < 4.78 is 2.48. The molecule has 1 aliphatic carbocycles. The summed E-state index contributed by atoms with van der Waals surface area (Å²) in [6.07, 6.45) is 5.47. The molecule has 2 aromatic rings. The molecule has 0 atom stereocenters. The molecule has 0 radical (unpaired) electrons. The largest absolute Gasteiger partial charge is 0.327 e. The lowest BCUT2D eigenvalue weighted by molar-refractivity contribution is 0.262. The van der Waals surface area contributed by atoms with Crippen LogP contribution in [0.25, 0.3) is 11.0 Å². The van der Waals surface area contributed by atoms with E-state index in [1.165, 1.54) is 37.0 Å². The third-order valence-corrected chi connectivity index (χ3v) is 5.26. The number of fused-ring (bicyclic) bond motifs is 1. The highest BCUT2D eigenvalue weighted by Crippen LogP contribution is 2.33. The Balaban J connectivity index is 0.00000100. The van der Waals surface area contributed by atoms with Gasteiger partial charge < -0.3 is 4.57 Å². The second kappa shape index (κ2) is 7.95. The molecule has 2 nitrogen and oxygen atoms in total. The van der Waals surface area contributed by atoms with Gasteiger partial charge in [-0.3, -0.25) is 0 Å². The summed E-state index contributed by atoms with van der Waals surface area (Å²) >= 11 is 4.47. The number of rotatable bonds is 2. The fraction of sp³-hybridized carbons (Fsp3) is 0.667. The van der Waals surface area contributed by atoms with Crippen LogP contribution in [-0.2, 0) is 12.0 Å². The summed E-state index contributed by atoms with van der Waals surface area (Å²) in [7, 11) is 0. The minimum Gasteiger partial charge on any atom is -0.327 e. The van der Waals surface area contributed by atoms with Crippen LogP contribution in [0.4, 0.5) is 0 Å². The molecular formula is C21H34N2S. The Kier molecular flexibility index (Phi) is 6.41. The molecule has 1 aromatic heterocycles. The van der Waals surface area contributed by atoms with Crippen molar-refractivity contribution < 1.29 is 0 Å². The summed E-state index contributed by atoms with van der Waals surface area (Å²) in [5.74, 6) is 2.91. The zero-order valence-electron chi connectivity index (χ0n) is 16.3. The van der Waals surface area contributed by atoms with Gasteiger partial charge in [0.15, 0.2) is 0 Å². The summed E-state index contributed by atoms with van der Waals surface area (Å²) in [6.45, 7) is 14.3. The minimum absolute atomic E-state index is 0.0672. The van der Waals surface area contributed by atoms with Crippen molar-refractivity contribution in [3.05, 3.63) is 24.0 Å². The van der Waals surface area contributed by atoms with Crippen LogP contribution in [0.15, 0.2) is 23.1 Å². The fourth-order valence-electron chi connectivity index (χ4n) is 3.65. The average molecular weight is 347 g/mol. The maximum Gasteiger partial charge on any atom is 0.115 e. The quantitative estimate of drug-likeness (QED) is 0.616. The van der Waals surface area contributed by atoms with Crippen LogP contribution in [0, 0.1) is 11.8 Å². The smallest absolute Gasteiger partial charge is 0.115 e. The number of hydrogen-bond donors (Lipinski definition) is 1. The van der Waals surface area contributed by atoms with Crippen LogP contribution < -0.4 is 0 Å². The van der Waals surface area contributed by atoms with E-state index >= 15 is 0 Å². The van der Waals surface area contributed by atoms with E-state index in [9.17, 15) is 0 Å². The zero-order valence-corrected chi connectivity index (χ0v) is 17.2. The second-order valence-electron chi connectivity index (χ2n) is 8.09. The molecule has 0 amide bonds. The Labute approximate surface area is 153 Å². The van der Waals surface area contributed by atoms with E-state index in [-0.39, 0.29) is 5.41 Å². The number of imidazole rings is 1. The molecule has 1 heterocycles. The third-order valence-electron chi connectivity index (χ3n) is 4.98. The van der Waals surface area contributed by atoms with Crippen molar-refractivity contribution in [3.8, 4) is 0 Å². The van der Waals surface area contributed by atoms with Gasteiger partial charge in [-0.15, -0.1) is 12.6 Å². The van der Waals surface area contributed by atoms with Crippen molar-refractivity contribution >= 4 is 23.7 Å². The van der Waals surface area contributed by atoms with Crippen LogP contribution in [0.3, 0.4) is 0 Å². The van der Waals surface area contributed by atoms with Crippen LogP contribution in [0.1, 0.15) is 73.1 Å². The first-order chi connectivity index (χ1) is 11.3. The maximum absolute atomic E-state index is 4.94. The van der Waals surface area contributed by atoms with Crippen LogP contribution in [0.2, 0.25) is 0 Å². The summed E-state index contributed by atoms with van der Waals surface area (Å²) in [4.78, 5) is 5.93. The van der Waals surface area contributed by atoms with E-state index in [4.69, 9.17) is 4.98 Å². The van der Waals surface area contributed by atoms with Gasteiger partial charge in [0.1, 0.15) is 5.82 Å². The van der Waals surface area contributed by atoms with Gasteiger partial charge in [-0.25, -0.2) is 4.98 Å². The first kappa shape index (κ1) is 19.4. The molecule has 0 aliphatic heterocycles. The molecule has 0 unspecified atom stereocenters. The summed E-state index contributed by atoms with van der Waals surface area (Å²) in [5, 5.41) is 0. The molecule has 0 bridgehead atoms. The van der Waals surface area contributed by atoms with Crippen LogP contribution >= 0.6 is 12.6 Å². The van der Waals surface area contributed by atoms with Crippen LogP contribution in [0.5, 0.6) is 0 Å². The molecular weight excluding hydrogens is 312 g/mol. The number of thiol groups is 1. The number of nitrogens with zero attached hydrogens (tertiary/aromatic N) is 2. The number of aromatic nitrogens is 2. The topological polar surface area (TPSA) is 17.8 Å². The Hall–Kier alpha value is -0.960. The minimum atomic E-state index is 0.0672. The molecule has 3 rings (SSSR count). The van der Waals surface area contributed by atoms with E-state index in [1.54, 1.807) is 0 Å². The predicted octanol–water partition coefficient (Wildman–Crippen LogP) is 6.48. The average Bonchev–Trinajstić information content (AvgIpc) is 2.89. The van der Waals surface area contributed by atoms with E-state index in [0.717, 1.165) is 28.8 Å². The van der Waals surface area contributed by atoms with Gasteiger partial charge >= 0.3 is 0 Å². The molecule has 1 fully saturated rings. The SMILES string of the molecule is CC.CC1CCC(Cn2c(C(C)(C)C)nc3cc(S)ccc32)CC1. The Morgan fingerprint density at radius 3 is 2.33 bits per heavy atom. The Morgan fingerprint density at radius 1 is 1.12 bits per heavy atom. The molecule has 134 valence electrons. The molecule has 0 N–H and O–H groups in total. The van der Waals surface area contributed by atoms with E-state index < -0.39 is 0 Å². The third kappa shape index (κ3) is 4.36. The summed E-state index contributed by atoms with van der Waals surface area (Å²) in [5.41, 5.74) is 2.42. The van der Waals surface area contributed by atoms with Crippen molar-refractivity contribution in [2.45, 2.75) is 84.1 Å². The lowest BCUT2D eigenvalue weighted by atomic mass is 9.83. The zero-order chi connectivity index (χ0) is 17.9. The monoisotopic (exact) mass is 346 g/mol. The highest BCUT2D eigenvalue weighted by atomic mass is 32.1. The van der Waals surface area contributed by atoms with Gasteiger partial charge in [0.2, 0.25) is 0 Å². The second-order valence-corrected chi connectivity index (χ2v) is 8.61.